The van der Waals surface area contributed by atoms with E-state index in [2.05, 4.69) is 0 Å². The molecule has 2 aliphatic heterocycles. The van der Waals surface area contributed by atoms with Gasteiger partial charge in [-0.25, -0.2) is 0 Å². The molecule has 2 fully saturated rings. The van der Waals surface area contributed by atoms with Crippen LogP contribution in [0.5, 0.6) is 0 Å². The highest BCUT2D eigenvalue weighted by atomic mass is 16.8. The van der Waals surface area contributed by atoms with E-state index in [0.717, 1.165) is 71.9 Å². The van der Waals surface area contributed by atoms with Crippen LogP contribution in [0, 0.1) is 0 Å². The smallest absolute Gasteiger partial charge is 0.305 e. The molecule has 0 bridgehead atoms. The Morgan fingerprint density at radius 2 is 0.753 bits per heavy atom. The first-order chi connectivity index (χ1) is 38.0. The first-order valence-electron chi connectivity index (χ1n) is 27.2. The van der Waals surface area contributed by atoms with Crippen LogP contribution in [-0.2, 0) is 96.5 Å². The molecule has 13 nitrogen and oxygen atoms in total. The van der Waals surface area contributed by atoms with Crippen molar-refractivity contribution in [3.05, 3.63) is 215 Å². The molecule has 2 heterocycles. The summed E-state index contributed by atoms with van der Waals surface area (Å²) in [7, 11) is 1.42. The third-order valence-corrected chi connectivity index (χ3v) is 13.7. The van der Waals surface area contributed by atoms with Crippen molar-refractivity contribution in [2.24, 2.45) is 0 Å². The van der Waals surface area contributed by atoms with Crippen LogP contribution in [0.25, 0.3) is 0 Å². The van der Waals surface area contributed by atoms with Crippen LogP contribution < -0.4 is 0 Å². The largest absolute Gasteiger partial charge is 0.469 e. The van der Waals surface area contributed by atoms with Crippen LogP contribution in [0.2, 0.25) is 0 Å². The number of methoxy groups -OCH3 is 1. The Bertz CT molecular complexity index is 2490. The summed E-state index contributed by atoms with van der Waals surface area (Å²) in [6.07, 6.45) is -3.83. The van der Waals surface area contributed by atoms with Gasteiger partial charge in [0.05, 0.1) is 60.0 Å². The standard InChI is InChI=1S/C64H76O13/c1-67-56(65)38-24-4-2-3-5-25-39-70-64-62(61(74-45-53-36-22-11-23-37-53)59(72-43-51-32-18-9-19-33-51)55(76-64)47-69-41-49-28-14-7-15-29-49)77-63-57(66)60(73-44-52-34-20-10-21-35-52)58(71-42-50-30-16-8-17-31-50)54(75-63)46-68-40-48-26-12-6-13-27-48/h6-23,26-37,54-55,57-64,66H,2-5,24-25,38-47H2,1H3/t54?,55?,57?,58-,59-,60+,61-,62?,63-,64+/m0/s1. The first-order valence-corrected chi connectivity index (χ1v) is 27.2. The van der Waals surface area contributed by atoms with Crippen molar-refractivity contribution in [2.45, 2.75) is 146 Å². The lowest BCUT2D eigenvalue weighted by molar-refractivity contribution is -0.379. The lowest BCUT2D eigenvalue weighted by Gasteiger charge is -2.49. The monoisotopic (exact) mass is 1050 g/mol. The molecule has 6 aromatic carbocycles. The predicted octanol–water partition coefficient (Wildman–Crippen LogP) is 10.9. The Morgan fingerprint density at radius 3 is 1.18 bits per heavy atom. The van der Waals surface area contributed by atoms with Crippen molar-refractivity contribution in [3.63, 3.8) is 0 Å². The van der Waals surface area contributed by atoms with E-state index in [1.807, 2.05) is 182 Å². The lowest BCUT2D eigenvalue weighted by atomic mass is 9.96. The molecule has 6 aromatic rings. The van der Waals surface area contributed by atoms with Gasteiger partial charge < -0.3 is 57.2 Å². The zero-order valence-electron chi connectivity index (χ0n) is 44.3. The van der Waals surface area contributed by atoms with Crippen molar-refractivity contribution < 1.29 is 62.0 Å². The van der Waals surface area contributed by atoms with Crippen LogP contribution >= 0.6 is 0 Å². The summed E-state index contributed by atoms with van der Waals surface area (Å²) in [6.45, 7) is 2.12. The zero-order valence-corrected chi connectivity index (χ0v) is 44.3. The third-order valence-electron chi connectivity index (χ3n) is 13.7. The maximum Gasteiger partial charge on any atom is 0.305 e. The van der Waals surface area contributed by atoms with Crippen molar-refractivity contribution in [1.82, 2.24) is 0 Å². The molecule has 8 rings (SSSR count). The van der Waals surface area contributed by atoms with Crippen LogP contribution in [0.4, 0.5) is 0 Å². The summed E-state index contributed by atoms with van der Waals surface area (Å²) in [5, 5.41) is 12.8. The summed E-state index contributed by atoms with van der Waals surface area (Å²) in [5.74, 6) is -0.185. The van der Waals surface area contributed by atoms with Crippen LogP contribution in [0.1, 0.15) is 78.3 Å². The number of benzene rings is 6. The highest BCUT2D eigenvalue weighted by Crippen LogP contribution is 2.36. The maximum atomic E-state index is 12.8. The number of aliphatic hydroxyl groups is 1. The number of aliphatic hydroxyl groups excluding tert-OH is 1. The second-order valence-electron chi connectivity index (χ2n) is 19.5. The van der Waals surface area contributed by atoms with E-state index in [9.17, 15) is 9.90 Å². The lowest BCUT2D eigenvalue weighted by Crippen LogP contribution is -2.66. The molecule has 13 heteroatoms. The Kier molecular flexibility index (Phi) is 24.1. The number of hydrogen-bond acceptors (Lipinski definition) is 13. The van der Waals surface area contributed by atoms with Gasteiger partial charge in [-0.3, -0.25) is 4.79 Å². The van der Waals surface area contributed by atoms with Crippen molar-refractivity contribution in [3.8, 4) is 0 Å². The third kappa shape index (κ3) is 18.8. The van der Waals surface area contributed by atoms with Gasteiger partial charge in [0.2, 0.25) is 0 Å². The highest BCUT2D eigenvalue weighted by molar-refractivity contribution is 5.68. The molecule has 10 atom stereocenters. The molecule has 0 aliphatic carbocycles. The second-order valence-corrected chi connectivity index (χ2v) is 19.5. The Labute approximate surface area is 454 Å². The number of carbonyl (C=O) groups excluding carboxylic acids is 1. The summed E-state index contributed by atoms with van der Waals surface area (Å²) in [5.41, 5.74) is 5.79. The fraction of sp³-hybridized carbons (Fsp3) is 0.422. The number of unbranched alkanes of at least 4 members (excludes halogenated alkanes) is 5. The zero-order chi connectivity index (χ0) is 53.1. The molecule has 2 aliphatic rings. The molecule has 0 radical (unpaired) electrons. The number of rotatable bonds is 32. The molecule has 0 spiro atoms. The quantitative estimate of drug-likeness (QED) is 0.0317. The van der Waals surface area contributed by atoms with Gasteiger partial charge in [-0.15, -0.1) is 0 Å². The van der Waals surface area contributed by atoms with Crippen LogP contribution in [0.15, 0.2) is 182 Å². The van der Waals surface area contributed by atoms with E-state index in [1.165, 1.54) is 7.11 Å². The summed E-state index contributed by atoms with van der Waals surface area (Å²) < 4.78 is 73.2. The average molecular weight is 1050 g/mol. The summed E-state index contributed by atoms with van der Waals surface area (Å²) >= 11 is 0. The Hall–Kier alpha value is -5.65. The first kappa shape index (κ1) is 57.5. The van der Waals surface area contributed by atoms with E-state index in [1.54, 1.807) is 0 Å². The minimum absolute atomic E-state index is 0.0908. The molecule has 2 saturated heterocycles. The number of ether oxygens (including phenoxy) is 11. The Balaban J connectivity index is 1.11. The van der Waals surface area contributed by atoms with E-state index in [0.29, 0.717) is 26.2 Å². The normalized spacial score (nSPS) is 23.4. The second kappa shape index (κ2) is 32.3. The SMILES string of the molecule is COC(=O)CCCCCCCCO[C@@H]1OC(COCc2ccccc2)[C@H](OCc2ccccc2)[C@H](OCc2ccccc2)C1O[C@@H]1OC(COCc2ccccc2)[C@H](OCc2ccccc2)[C@H](OCc2ccccc2)C1O. The number of carbonyl (C=O) groups is 1. The fourth-order valence-electron chi connectivity index (χ4n) is 9.55. The van der Waals surface area contributed by atoms with Gasteiger partial charge in [-0.2, -0.15) is 0 Å². The van der Waals surface area contributed by atoms with E-state index < -0.39 is 61.4 Å². The minimum Gasteiger partial charge on any atom is -0.469 e. The molecule has 0 amide bonds. The summed E-state index contributed by atoms with van der Waals surface area (Å²) in [4.78, 5) is 11.7. The van der Waals surface area contributed by atoms with Gasteiger partial charge in [-0.05, 0) is 46.2 Å². The maximum absolute atomic E-state index is 12.8. The van der Waals surface area contributed by atoms with Gasteiger partial charge in [0.25, 0.3) is 0 Å². The average Bonchev–Trinajstić information content (AvgIpc) is 3.52. The molecule has 410 valence electrons. The topological polar surface area (TPSA) is 139 Å². The molecule has 77 heavy (non-hydrogen) atoms. The fourth-order valence-corrected chi connectivity index (χ4v) is 9.55. The van der Waals surface area contributed by atoms with E-state index in [-0.39, 0.29) is 45.6 Å². The van der Waals surface area contributed by atoms with Gasteiger partial charge in [0.15, 0.2) is 12.6 Å². The van der Waals surface area contributed by atoms with E-state index in [4.69, 9.17) is 52.1 Å². The Morgan fingerprint density at radius 1 is 0.403 bits per heavy atom. The number of hydrogen-bond donors (Lipinski definition) is 1. The molecular formula is C64H76O13. The summed E-state index contributed by atoms with van der Waals surface area (Å²) in [6, 6.07) is 59.6. The van der Waals surface area contributed by atoms with Gasteiger partial charge in [0, 0.05) is 13.0 Å². The molecule has 0 aromatic heterocycles. The van der Waals surface area contributed by atoms with Crippen LogP contribution in [-0.4, -0.2) is 99.4 Å². The molecule has 0 saturated carbocycles. The molecular weight excluding hydrogens is 977 g/mol. The predicted molar refractivity (Wildman–Crippen MR) is 291 cm³/mol. The molecule has 4 unspecified atom stereocenters. The minimum atomic E-state index is -1.38. The number of esters is 1. The van der Waals surface area contributed by atoms with Crippen molar-refractivity contribution >= 4 is 5.97 Å². The van der Waals surface area contributed by atoms with Gasteiger partial charge in [0.1, 0.15) is 48.8 Å². The highest BCUT2D eigenvalue weighted by Gasteiger charge is 2.54. The van der Waals surface area contributed by atoms with Gasteiger partial charge in [-0.1, -0.05) is 208 Å². The van der Waals surface area contributed by atoms with E-state index >= 15 is 0 Å². The van der Waals surface area contributed by atoms with Crippen LogP contribution in [0.3, 0.4) is 0 Å². The van der Waals surface area contributed by atoms with Crippen molar-refractivity contribution in [2.75, 3.05) is 26.9 Å². The van der Waals surface area contributed by atoms with Gasteiger partial charge >= 0.3 is 5.97 Å². The molecule has 1 N–H and O–H groups in total. The van der Waals surface area contributed by atoms with Crippen molar-refractivity contribution in [1.29, 1.82) is 0 Å².